The normalized spacial score (nSPS) is 26.9. The molecule has 11 heteroatoms. The molecule has 3 saturated carbocycles. The van der Waals surface area contributed by atoms with Crippen LogP contribution in [-0.2, 0) is 16.9 Å². The van der Waals surface area contributed by atoms with Gasteiger partial charge in [-0.25, -0.2) is 9.37 Å². The van der Waals surface area contributed by atoms with E-state index in [4.69, 9.17) is 32.5 Å². The van der Waals surface area contributed by atoms with E-state index in [9.17, 15) is 9.50 Å². The highest BCUT2D eigenvalue weighted by Crippen LogP contribution is 2.57. The maximum absolute atomic E-state index is 14.5. The quantitative estimate of drug-likeness (QED) is 0.230. The number of benzene rings is 1. The van der Waals surface area contributed by atoms with E-state index in [1.807, 2.05) is 6.07 Å². The fraction of sp³-hybridized carbons (Fsp3) is 0.444. The van der Waals surface area contributed by atoms with Gasteiger partial charge in [0.25, 0.3) is 0 Å². The summed E-state index contributed by atoms with van der Waals surface area (Å²) in [6.45, 7) is 0.322. The summed E-state index contributed by atoms with van der Waals surface area (Å²) in [6, 6.07) is 3.27. The fourth-order valence-corrected chi connectivity index (χ4v) is 8.67. The van der Waals surface area contributed by atoms with Crippen LogP contribution in [0.3, 0.4) is 0 Å². The molecule has 3 aliphatic carbocycles. The van der Waals surface area contributed by atoms with E-state index in [0.717, 1.165) is 41.7 Å². The highest BCUT2D eigenvalue weighted by molar-refractivity contribution is 9.10. The number of thiazole rings is 1. The van der Waals surface area contributed by atoms with Crippen LogP contribution in [0.15, 0.2) is 33.5 Å². The van der Waals surface area contributed by atoms with Crippen molar-refractivity contribution in [2.45, 2.75) is 62.8 Å². The molecule has 4 atom stereocenters. The largest absolute Gasteiger partial charge is 0.382 e. The minimum atomic E-state index is -1.07. The Kier molecular flexibility index (Phi) is 6.33. The van der Waals surface area contributed by atoms with Crippen LogP contribution < -0.4 is 0 Å². The SMILES string of the molecule is O[C@@]1(c2nc3c(F)cc(Br)cc3s2)[C@@H]2CC[C@H]1C[C@@H](OCc1c(-c3c(Cl)cncc3Cl)noc1C1CC1)C2. The molecule has 3 aromatic heterocycles. The third-order valence-electron chi connectivity index (χ3n) is 8.28. The van der Waals surface area contributed by atoms with Crippen molar-refractivity contribution < 1.29 is 18.8 Å². The first-order valence-electron chi connectivity index (χ1n) is 12.7. The number of fused-ring (bicyclic) bond motifs is 3. The van der Waals surface area contributed by atoms with Crippen LogP contribution in [-0.4, -0.2) is 26.3 Å². The summed E-state index contributed by atoms with van der Waals surface area (Å²) in [4.78, 5) is 8.64. The van der Waals surface area contributed by atoms with Crippen molar-refractivity contribution in [2.24, 2.45) is 11.8 Å². The van der Waals surface area contributed by atoms with E-state index in [-0.39, 0.29) is 23.8 Å². The minimum absolute atomic E-state index is 0.00718. The van der Waals surface area contributed by atoms with Crippen molar-refractivity contribution in [3.05, 3.63) is 61.2 Å². The van der Waals surface area contributed by atoms with E-state index < -0.39 is 5.60 Å². The van der Waals surface area contributed by atoms with Crippen LogP contribution in [0.25, 0.3) is 21.5 Å². The number of halogens is 4. The summed E-state index contributed by atoms with van der Waals surface area (Å²) in [5.41, 5.74) is 1.33. The molecule has 1 aromatic carbocycles. The Balaban J connectivity index is 1.14. The van der Waals surface area contributed by atoms with Crippen LogP contribution in [0.1, 0.15) is 60.8 Å². The van der Waals surface area contributed by atoms with Crippen LogP contribution in [0.4, 0.5) is 4.39 Å². The first-order valence-corrected chi connectivity index (χ1v) is 15.1. The summed E-state index contributed by atoms with van der Waals surface area (Å²) < 4.78 is 28.2. The Morgan fingerprint density at radius 3 is 2.53 bits per heavy atom. The average molecular weight is 639 g/mol. The molecule has 0 spiro atoms. The number of aromatic nitrogens is 3. The Morgan fingerprint density at radius 1 is 1.13 bits per heavy atom. The molecular weight excluding hydrogens is 616 g/mol. The van der Waals surface area contributed by atoms with Gasteiger partial charge in [-0.1, -0.05) is 44.3 Å². The van der Waals surface area contributed by atoms with Gasteiger partial charge in [0.2, 0.25) is 0 Å². The van der Waals surface area contributed by atoms with Gasteiger partial charge in [-0.15, -0.1) is 11.3 Å². The summed E-state index contributed by atoms with van der Waals surface area (Å²) in [7, 11) is 0. The molecular formula is C27H23BrCl2FN3O3S. The summed E-state index contributed by atoms with van der Waals surface area (Å²) in [5.74, 6) is 0.776. The van der Waals surface area contributed by atoms with Crippen LogP contribution in [0, 0.1) is 17.7 Å². The standard InChI is InChI=1S/C27H23BrCl2FN3O3S/c28-15-7-20(31)24-21(8-15)38-26(33-24)27(35)13-3-4-14(27)6-16(5-13)36-11-17-23(34-37-25(17)12-1-2-12)22-18(29)9-32-10-19(22)30/h7-10,12-14,16,35H,1-6,11H2/t13-,14+,16+,27+. The van der Waals surface area contributed by atoms with E-state index in [1.165, 1.54) is 17.4 Å². The topological polar surface area (TPSA) is 81.3 Å². The highest BCUT2D eigenvalue weighted by Gasteiger charge is 2.56. The van der Waals surface area contributed by atoms with E-state index >= 15 is 0 Å². The van der Waals surface area contributed by atoms with Crippen molar-refractivity contribution >= 4 is 60.7 Å². The first-order chi connectivity index (χ1) is 18.3. The second-order valence-corrected chi connectivity index (χ2v) is 13.3. The monoisotopic (exact) mass is 637 g/mol. The molecule has 4 aromatic rings. The van der Waals surface area contributed by atoms with Crippen LogP contribution in [0.2, 0.25) is 10.0 Å². The zero-order chi connectivity index (χ0) is 26.2. The zero-order valence-corrected chi connectivity index (χ0v) is 24.0. The lowest BCUT2D eigenvalue weighted by Gasteiger charge is -2.41. The van der Waals surface area contributed by atoms with E-state index in [1.54, 1.807) is 12.4 Å². The second kappa shape index (κ2) is 9.49. The number of pyridine rings is 1. The maximum atomic E-state index is 14.5. The van der Waals surface area contributed by atoms with Crippen molar-refractivity contribution in [1.29, 1.82) is 0 Å². The summed E-state index contributed by atoms with van der Waals surface area (Å²) in [6.07, 6.45) is 8.34. The van der Waals surface area contributed by atoms with Gasteiger partial charge in [-0.2, -0.15) is 0 Å². The number of hydrogen-bond acceptors (Lipinski definition) is 7. The van der Waals surface area contributed by atoms with Crippen LogP contribution in [0.5, 0.6) is 0 Å². The molecule has 6 nitrogen and oxygen atoms in total. The number of ether oxygens (including phenoxy) is 1. The predicted molar refractivity (Wildman–Crippen MR) is 147 cm³/mol. The molecule has 198 valence electrons. The van der Waals surface area contributed by atoms with Crippen LogP contribution >= 0.6 is 50.5 Å². The zero-order valence-electron chi connectivity index (χ0n) is 20.1. The summed E-state index contributed by atoms with van der Waals surface area (Å²) in [5, 5.41) is 17.7. The van der Waals surface area contributed by atoms with Gasteiger partial charge in [-0.05, 0) is 62.5 Å². The number of nitrogens with zero attached hydrogens (tertiary/aromatic N) is 3. The van der Waals surface area contributed by atoms with Crippen molar-refractivity contribution in [1.82, 2.24) is 15.1 Å². The molecule has 2 bridgehead atoms. The molecule has 3 aliphatic rings. The maximum Gasteiger partial charge on any atom is 0.151 e. The first kappa shape index (κ1) is 25.4. The molecule has 0 saturated heterocycles. The van der Waals surface area contributed by atoms with E-state index in [0.29, 0.717) is 61.7 Å². The Hall–Kier alpha value is -1.62. The van der Waals surface area contributed by atoms with Crippen molar-refractivity contribution in [3.63, 3.8) is 0 Å². The van der Waals surface area contributed by atoms with Gasteiger partial charge < -0.3 is 14.4 Å². The van der Waals surface area contributed by atoms with Gasteiger partial charge in [0, 0.05) is 33.9 Å². The van der Waals surface area contributed by atoms with Crippen molar-refractivity contribution in [2.75, 3.05) is 0 Å². The number of hydrogen-bond donors (Lipinski definition) is 1. The molecule has 0 aliphatic heterocycles. The third kappa shape index (κ3) is 4.12. The highest BCUT2D eigenvalue weighted by atomic mass is 79.9. The second-order valence-electron chi connectivity index (χ2n) is 10.6. The molecule has 0 amide bonds. The molecule has 3 heterocycles. The minimum Gasteiger partial charge on any atom is -0.382 e. The van der Waals surface area contributed by atoms with Gasteiger partial charge >= 0.3 is 0 Å². The van der Waals surface area contributed by atoms with Gasteiger partial charge in [0.15, 0.2) is 5.82 Å². The summed E-state index contributed by atoms with van der Waals surface area (Å²) >= 11 is 17.6. The lowest BCUT2D eigenvalue weighted by atomic mass is 9.73. The molecule has 1 N–H and O–H groups in total. The number of rotatable bonds is 6. The van der Waals surface area contributed by atoms with Crippen molar-refractivity contribution in [3.8, 4) is 11.3 Å². The molecule has 0 radical (unpaired) electrons. The molecule has 3 fully saturated rings. The van der Waals surface area contributed by atoms with Gasteiger partial charge in [0.05, 0.1) is 27.5 Å². The molecule has 38 heavy (non-hydrogen) atoms. The Morgan fingerprint density at radius 2 is 1.84 bits per heavy atom. The lowest BCUT2D eigenvalue weighted by molar-refractivity contribution is -0.116. The fourth-order valence-electron chi connectivity index (χ4n) is 6.28. The third-order valence-corrected chi connectivity index (χ3v) is 10.5. The Labute approximate surface area is 240 Å². The number of aliphatic hydroxyl groups is 1. The van der Waals surface area contributed by atoms with Gasteiger partial charge in [-0.3, -0.25) is 4.98 Å². The lowest BCUT2D eigenvalue weighted by Crippen LogP contribution is -2.44. The smallest absolute Gasteiger partial charge is 0.151 e. The molecule has 0 unspecified atom stereocenters. The molecule has 7 rings (SSSR count). The van der Waals surface area contributed by atoms with Gasteiger partial charge in [0.1, 0.15) is 27.6 Å². The van der Waals surface area contributed by atoms with E-state index in [2.05, 4.69) is 31.1 Å². The predicted octanol–water partition coefficient (Wildman–Crippen LogP) is 8.03. The Bertz CT molecular complexity index is 1520. The average Bonchev–Trinajstić information content (AvgIpc) is 3.46.